The molecule has 1 aliphatic heterocycles. The fourth-order valence-electron chi connectivity index (χ4n) is 2.55. The summed E-state index contributed by atoms with van der Waals surface area (Å²) in [6.07, 6.45) is 6.36. The van der Waals surface area contributed by atoms with E-state index in [1.54, 1.807) is 4.31 Å². The first kappa shape index (κ1) is 13.3. The van der Waals surface area contributed by atoms with Gasteiger partial charge in [-0.2, -0.15) is 4.31 Å². The summed E-state index contributed by atoms with van der Waals surface area (Å²) in [5.74, 6) is 0.295. The molecule has 100 valence electrons. The lowest BCUT2D eigenvalue weighted by Gasteiger charge is -2.27. The van der Waals surface area contributed by atoms with Crippen LogP contribution in [0.3, 0.4) is 0 Å². The normalized spacial score (nSPS) is 26.4. The lowest BCUT2D eigenvalue weighted by molar-refractivity contribution is 0.383. The predicted molar refractivity (Wildman–Crippen MR) is 69.4 cm³/mol. The summed E-state index contributed by atoms with van der Waals surface area (Å²) in [7, 11) is -3.05. The Hall–Kier alpha value is -0.130. The third-order valence-electron chi connectivity index (χ3n) is 3.58. The standard InChI is InChI=1S/C12H24N2O2S/c1-2-9-14(12-6-7-12)17(15,16)10-11-5-3-4-8-13-11/h11-13H,2-10H2,1H3. The van der Waals surface area contributed by atoms with Crippen LogP contribution < -0.4 is 5.32 Å². The Kier molecular flexibility index (Phi) is 4.44. The van der Waals surface area contributed by atoms with Crippen LogP contribution in [0.2, 0.25) is 0 Å². The highest BCUT2D eigenvalue weighted by Gasteiger charge is 2.37. The molecule has 1 aliphatic carbocycles. The Morgan fingerprint density at radius 1 is 1.24 bits per heavy atom. The number of piperidine rings is 1. The van der Waals surface area contributed by atoms with Gasteiger partial charge in [-0.3, -0.25) is 0 Å². The van der Waals surface area contributed by atoms with E-state index in [9.17, 15) is 8.42 Å². The van der Waals surface area contributed by atoms with E-state index < -0.39 is 10.0 Å². The minimum absolute atomic E-state index is 0.173. The minimum atomic E-state index is -3.05. The van der Waals surface area contributed by atoms with Crippen molar-refractivity contribution in [3.63, 3.8) is 0 Å². The summed E-state index contributed by atoms with van der Waals surface area (Å²) in [4.78, 5) is 0. The summed E-state index contributed by atoms with van der Waals surface area (Å²) in [6.45, 7) is 3.71. The Labute approximate surface area is 105 Å². The smallest absolute Gasteiger partial charge is 0.215 e. The lowest BCUT2D eigenvalue weighted by Crippen LogP contribution is -2.45. The van der Waals surface area contributed by atoms with Crippen molar-refractivity contribution >= 4 is 10.0 Å². The van der Waals surface area contributed by atoms with Gasteiger partial charge < -0.3 is 5.32 Å². The van der Waals surface area contributed by atoms with E-state index in [1.165, 1.54) is 6.42 Å². The highest BCUT2D eigenvalue weighted by Crippen LogP contribution is 2.30. The summed E-state index contributed by atoms with van der Waals surface area (Å²) in [5.41, 5.74) is 0. The highest BCUT2D eigenvalue weighted by molar-refractivity contribution is 7.89. The molecule has 17 heavy (non-hydrogen) atoms. The van der Waals surface area contributed by atoms with E-state index in [1.807, 2.05) is 6.92 Å². The first-order chi connectivity index (χ1) is 8.13. The molecule has 1 N–H and O–H groups in total. The van der Waals surface area contributed by atoms with E-state index >= 15 is 0 Å². The van der Waals surface area contributed by atoms with E-state index in [-0.39, 0.29) is 6.04 Å². The number of hydrogen-bond donors (Lipinski definition) is 1. The van der Waals surface area contributed by atoms with Gasteiger partial charge >= 0.3 is 0 Å². The zero-order valence-electron chi connectivity index (χ0n) is 10.7. The molecule has 0 aromatic rings. The quantitative estimate of drug-likeness (QED) is 0.784. The van der Waals surface area contributed by atoms with Gasteiger partial charge in [0.25, 0.3) is 0 Å². The Balaban J connectivity index is 1.95. The predicted octanol–water partition coefficient (Wildman–Crippen LogP) is 1.33. The molecule has 2 fully saturated rings. The fourth-order valence-corrected chi connectivity index (χ4v) is 4.66. The van der Waals surface area contributed by atoms with Gasteiger partial charge in [0, 0.05) is 18.6 Å². The van der Waals surface area contributed by atoms with Gasteiger partial charge in [0.1, 0.15) is 0 Å². The third-order valence-corrected chi connectivity index (χ3v) is 5.60. The summed E-state index contributed by atoms with van der Waals surface area (Å²) in [6, 6.07) is 0.482. The molecule has 1 atom stereocenters. The Bertz CT molecular complexity index is 332. The van der Waals surface area contributed by atoms with Crippen LogP contribution in [0, 0.1) is 0 Å². The van der Waals surface area contributed by atoms with Crippen molar-refractivity contribution < 1.29 is 8.42 Å². The molecule has 2 aliphatic rings. The van der Waals surface area contributed by atoms with Crippen LogP contribution in [0.1, 0.15) is 45.4 Å². The molecular weight excluding hydrogens is 236 g/mol. The Morgan fingerprint density at radius 3 is 2.53 bits per heavy atom. The molecular formula is C12H24N2O2S. The fraction of sp³-hybridized carbons (Fsp3) is 1.00. The molecule has 2 rings (SSSR count). The zero-order valence-corrected chi connectivity index (χ0v) is 11.5. The molecule has 1 saturated carbocycles. The van der Waals surface area contributed by atoms with E-state index in [4.69, 9.17) is 0 Å². The van der Waals surface area contributed by atoms with Crippen molar-refractivity contribution in [1.29, 1.82) is 0 Å². The second kappa shape index (κ2) is 5.67. The van der Waals surface area contributed by atoms with Crippen molar-refractivity contribution in [2.45, 2.75) is 57.5 Å². The molecule has 1 heterocycles. The molecule has 0 radical (unpaired) electrons. The molecule has 0 aromatic heterocycles. The van der Waals surface area contributed by atoms with Gasteiger partial charge in [-0.1, -0.05) is 13.3 Å². The van der Waals surface area contributed by atoms with Crippen LogP contribution in [0.5, 0.6) is 0 Å². The largest absolute Gasteiger partial charge is 0.313 e. The molecule has 0 aromatic carbocycles. The van der Waals surface area contributed by atoms with Crippen LogP contribution in [-0.4, -0.2) is 43.6 Å². The number of nitrogens with zero attached hydrogens (tertiary/aromatic N) is 1. The van der Waals surface area contributed by atoms with Gasteiger partial charge in [-0.25, -0.2) is 8.42 Å². The average molecular weight is 260 g/mol. The molecule has 1 unspecified atom stereocenters. The maximum atomic E-state index is 12.4. The summed E-state index contributed by atoms with van der Waals surface area (Å²) >= 11 is 0. The van der Waals surface area contributed by atoms with Gasteiger partial charge in [-0.15, -0.1) is 0 Å². The van der Waals surface area contributed by atoms with Crippen LogP contribution in [-0.2, 0) is 10.0 Å². The van der Waals surface area contributed by atoms with Crippen molar-refractivity contribution in [2.75, 3.05) is 18.8 Å². The number of sulfonamides is 1. The van der Waals surface area contributed by atoms with Crippen molar-refractivity contribution in [2.24, 2.45) is 0 Å². The topological polar surface area (TPSA) is 49.4 Å². The van der Waals surface area contributed by atoms with Gasteiger partial charge in [0.2, 0.25) is 10.0 Å². The van der Waals surface area contributed by atoms with E-state index in [2.05, 4.69) is 5.32 Å². The van der Waals surface area contributed by atoms with Crippen LogP contribution in [0.4, 0.5) is 0 Å². The molecule has 0 bridgehead atoms. The average Bonchev–Trinajstić information content (AvgIpc) is 3.10. The van der Waals surface area contributed by atoms with E-state index in [0.29, 0.717) is 18.3 Å². The SMILES string of the molecule is CCCN(C1CC1)S(=O)(=O)CC1CCCCN1. The number of nitrogens with one attached hydrogen (secondary N) is 1. The summed E-state index contributed by atoms with van der Waals surface area (Å²) < 4.78 is 26.5. The minimum Gasteiger partial charge on any atom is -0.313 e. The maximum absolute atomic E-state index is 12.4. The number of rotatable bonds is 6. The van der Waals surface area contributed by atoms with Crippen molar-refractivity contribution in [3.05, 3.63) is 0 Å². The maximum Gasteiger partial charge on any atom is 0.215 e. The second-order valence-electron chi connectivity index (χ2n) is 5.27. The zero-order chi connectivity index (χ0) is 12.3. The summed E-state index contributed by atoms with van der Waals surface area (Å²) in [5, 5.41) is 3.33. The molecule has 0 amide bonds. The van der Waals surface area contributed by atoms with Gasteiger partial charge in [0.15, 0.2) is 0 Å². The van der Waals surface area contributed by atoms with Crippen LogP contribution in [0.25, 0.3) is 0 Å². The third kappa shape index (κ3) is 3.66. The first-order valence-electron chi connectivity index (χ1n) is 6.86. The first-order valence-corrected chi connectivity index (χ1v) is 8.47. The molecule has 1 saturated heterocycles. The second-order valence-corrected chi connectivity index (χ2v) is 7.23. The molecule has 4 nitrogen and oxygen atoms in total. The van der Waals surface area contributed by atoms with Crippen LogP contribution in [0.15, 0.2) is 0 Å². The van der Waals surface area contributed by atoms with E-state index in [0.717, 1.165) is 38.6 Å². The van der Waals surface area contributed by atoms with Gasteiger partial charge in [0.05, 0.1) is 5.75 Å². The highest BCUT2D eigenvalue weighted by atomic mass is 32.2. The van der Waals surface area contributed by atoms with Crippen molar-refractivity contribution in [3.8, 4) is 0 Å². The van der Waals surface area contributed by atoms with Crippen LogP contribution >= 0.6 is 0 Å². The lowest BCUT2D eigenvalue weighted by atomic mass is 10.1. The number of hydrogen-bond acceptors (Lipinski definition) is 3. The molecule has 0 spiro atoms. The van der Waals surface area contributed by atoms with Crippen molar-refractivity contribution in [1.82, 2.24) is 9.62 Å². The Morgan fingerprint density at radius 2 is 2.00 bits per heavy atom. The monoisotopic (exact) mass is 260 g/mol. The van der Waals surface area contributed by atoms with Gasteiger partial charge in [-0.05, 0) is 38.6 Å². The molecule has 5 heteroatoms.